The molecule has 0 bridgehead atoms. The largest absolute Gasteiger partial charge is 0.490 e. The van der Waals surface area contributed by atoms with E-state index in [9.17, 15) is 9.59 Å². The first-order chi connectivity index (χ1) is 14.3. The SMILES string of the molecule is CC(C)(C)OC(=O)N1CCOC(COc2cc3ccccc3cc2C(=O)CC#N)C1. The van der Waals surface area contributed by atoms with Gasteiger partial charge in [-0.05, 0) is 43.7 Å². The Balaban J connectivity index is 1.73. The molecule has 0 aromatic heterocycles. The molecule has 1 saturated heterocycles. The summed E-state index contributed by atoms with van der Waals surface area (Å²) in [6, 6.07) is 13.1. The Morgan fingerprint density at radius 2 is 1.93 bits per heavy atom. The van der Waals surface area contributed by atoms with Gasteiger partial charge in [-0.3, -0.25) is 4.79 Å². The zero-order chi connectivity index (χ0) is 21.7. The minimum absolute atomic E-state index is 0.171. The summed E-state index contributed by atoms with van der Waals surface area (Å²) in [7, 11) is 0. The van der Waals surface area contributed by atoms with Crippen molar-refractivity contribution in [2.24, 2.45) is 0 Å². The van der Waals surface area contributed by atoms with Gasteiger partial charge in [0.05, 0.1) is 31.2 Å². The van der Waals surface area contributed by atoms with E-state index in [2.05, 4.69) is 0 Å². The number of morpholine rings is 1. The van der Waals surface area contributed by atoms with Gasteiger partial charge in [0.25, 0.3) is 0 Å². The highest BCUT2D eigenvalue weighted by Gasteiger charge is 2.28. The van der Waals surface area contributed by atoms with E-state index in [-0.39, 0.29) is 31.0 Å². The van der Waals surface area contributed by atoms with Gasteiger partial charge in [-0.1, -0.05) is 24.3 Å². The molecule has 1 atom stereocenters. The van der Waals surface area contributed by atoms with Gasteiger partial charge < -0.3 is 19.1 Å². The highest BCUT2D eigenvalue weighted by atomic mass is 16.6. The maximum Gasteiger partial charge on any atom is 0.410 e. The molecular weight excluding hydrogens is 384 g/mol. The lowest BCUT2D eigenvalue weighted by molar-refractivity contribution is -0.0557. The molecule has 158 valence electrons. The van der Waals surface area contributed by atoms with Crippen LogP contribution in [0.1, 0.15) is 37.6 Å². The normalized spacial score (nSPS) is 16.7. The summed E-state index contributed by atoms with van der Waals surface area (Å²) in [5, 5.41) is 10.7. The third-order valence-corrected chi connectivity index (χ3v) is 4.60. The Hall–Kier alpha value is -3.11. The number of amides is 1. The smallest absolute Gasteiger partial charge is 0.410 e. The summed E-state index contributed by atoms with van der Waals surface area (Å²) in [5.74, 6) is 0.116. The second-order valence-electron chi connectivity index (χ2n) is 8.18. The first-order valence-electron chi connectivity index (χ1n) is 9.92. The van der Waals surface area contributed by atoms with Gasteiger partial charge in [0.15, 0.2) is 5.78 Å². The average Bonchev–Trinajstić information content (AvgIpc) is 2.70. The van der Waals surface area contributed by atoms with Gasteiger partial charge in [0.2, 0.25) is 0 Å². The molecule has 1 unspecified atom stereocenters. The molecule has 0 spiro atoms. The van der Waals surface area contributed by atoms with Crippen molar-refractivity contribution in [1.29, 1.82) is 5.26 Å². The highest BCUT2D eigenvalue weighted by Crippen LogP contribution is 2.28. The third-order valence-electron chi connectivity index (χ3n) is 4.60. The fraction of sp³-hybridized carbons (Fsp3) is 0.435. The molecule has 1 amide bonds. The number of nitriles is 1. The number of fused-ring (bicyclic) bond motifs is 1. The van der Waals surface area contributed by atoms with Crippen LogP contribution in [0.2, 0.25) is 0 Å². The zero-order valence-electron chi connectivity index (χ0n) is 17.5. The van der Waals surface area contributed by atoms with E-state index in [0.717, 1.165) is 10.8 Å². The molecule has 2 aromatic rings. The van der Waals surface area contributed by atoms with Crippen LogP contribution < -0.4 is 4.74 Å². The zero-order valence-corrected chi connectivity index (χ0v) is 17.5. The van der Waals surface area contributed by atoms with Gasteiger partial charge in [-0.25, -0.2) is 4.79 Å². The van der Waals surface area contributed by atoms with E-state index in [1.165, 1.54) is 0 Å². The van der Waals surface area contributed by atoms with Crippen molar-refractivity contribution in [1.82, 2.24) is 4.90 Å². The molecule has 0 saturated carbocycles. The first-order valence-corrected chi connectivity index (χ1v) is 9.92. The summed E-state index contributed by atoms with van der Waals surface area (Å²) in [5.41, 5.74) is -0.197. The van der Waals surface area contributed by atoms with Crippen molar-refractivity contribution in [3.8, 4) is 11.8 Å². The standard InChI is InChI=1S/C23H26N2O5/c1-23(2,3)30-22(27)25-10-11-28-18(14-25)15-29-21-13-17-7-5-4-6-16(17)12-19(21)20(26)8-9-24/h4-7,12-13,18H,8,10-11,14-15H2,1-3H3. The topological polar surface area (TPSA) is 88.9 Å². The molecule has 30 heavy (non-hydrogen) atoms. The van der Waals surface area contributed by atoms with Crippen molar-refractivity contribution in [2.75, 3.05) is 26.3 Å². The number of ether oxygens (including phenoxy) is 3. The quantitative estimate of drug-likeness (QED) is 0.694. The summed E-state index contributed by atoms with van der Waals surface area (Å²) in [6.07, 6.45) is -0.954. The van der Waals surface area contributed by atoms with Crippen LogP contribution >= 0.6 is 0 Å². The van der Waals surface area contributed by atoms with Crippen LogP contribution in [0.25, 0.3) is 10.8 Å². The maximum absolute atomic E-state index is 12.4. The summed E-state index contributed by atoms with van der Waals surface area (Å²) in [6.45, 7) is 6.81. The fourth-order valence-electron chi connectivity index (χ4n) is 3.22. The van der Waals surface area contributed by atoms with E-state index < -0.39 is 5.60 Å². The number of benzene rings is 2. The second kappa shape index (κ2) is 9.14. The Bertz CT molecular complexity index is 974. The van der Waals surface area contributed by atoms with Gasteiger partial charge in [-0.2, -0.15) is 5.26 Å². The van der Waals surface area contributed by atoms with Gasteiger partial charge in [0.1, 0.15) is 24.1 Å². The number of hydrogen-bond acceptors (Lipinski definition) is 6. The minimum Gasteiger partial charge on any atom is -0.490 e. The van der Waals surface area contributed by atoms with Crippen molar-refractivity contribution >= 4 is 22.6 Å². The highest BCUT2D eigenvalue weighted by molar-refractivity contribution is 6.03. The molecule has 2 aromatic carbocycles. The number of carbonyl (C=O) groups excluding carboxylic acids is 2. The van der Waals surface area contributed by atoms with Crippen LogP contribution in [0.5, 0.6) is 5.75 Å². The molecule has 0 N–H and O–H groups in total. The molecule has 0 aliphatic carbocycles. The first kappa shape index (κ1) is 21.6. The Labute approximate surface area is 176 Å². The lowest BCUT2D eigenvalue weighted by Crippen LogP contribution is -2.49. The number of hydrogen-bond donors (Lipinski definition) is 0. The molecule has 1 aliphatic heterocycles. The molecular formula is C23H26N2O5. The van der Waals surface area contributed by atoms with Crippen molar-refractivity contribution < 1.29 is 23.8 Å². The van der Waals surface area contributed by atoms with Crippen LogP contribution in [0.3, 0.4) is 0 Å². The number of Topliss-reactive ketones (excluding diaryl/α,β-unsaturated/α-hetero) is 1. The van der Waals surface area contributed by atoms with Gasteiger partial charge >= 0.3 is 6.09 Å². The van der Waals surface area contributed by atoms with Crippen LogP contribution in [0, 0.1) is 11.3 Å². The van der Waals surface area contributed by atoms with E-state index in [4.69, 9.17) is 19.5 Å². The van der Waals surface area contributed by atoms with E-state index in [1.54, 1.807) is 17.0 Å². The Morgan fingerprint density at radius 3 is 2.60 bits per heavy atom. The lowest BCUT2D eigenvalue weighted by atomic mass is 10.0. The Kier molecular flexibility index (Phi) is 6.58. The fourth-order valence-corrected chi connectivity index (χ4v) is 3.22. The van der Waals surface area contributed by atoms with Crippen molar-refractivity contribution in [2.45, 2.75) is 38.9 Å². The summed E-state index contributed by atoms with van der Waals surface area (Å²) < 4.78 is 17.1. The predicted molar refractivity (Wildman–Crippen MR) is 112 cm³/mol. The van der Waals surface area contributed by atoms with Crippen LogP contribution in [-0.4, -0.2) is 54.8 Å². The average molecular weight is 410 g/mol. The van der Waals surface area contributed by atoms with Gasteiger partial charge in [0, 0.05) is 6.54 Å². The third kappa shape index (κ3) is 5.49. The molecule has 7 nitrogen and oxygen atoms in total. The molecule has 1 aliphatic rings. The maximum atomic E-state index is 12.4. The summed E-state index contributed by atoms with van der Waals surface area (Å²) >= 11 is 0. The van der Waals surface area contributed by atoms with Gasteiger partial charge in [-0.15, -0.1) is 0 Å². The van der Waals surface area contributed by atoms with Crippen molar-refractivity contribution in [3.05, 3.63) is 42.0 Å². The van der Waals surface area contributed by atoms with Crippen LogP contribution in [0.4, 0.5) is 4.79 Å². The monoisotopic (exact) mass is 410 g/mol. The molecule has 1 heterocycles. The molecule has 0 radical (unpaired) electrons. The second-order valence-corrected chi connectivity index (χ2v) is 8.18. The van der Waals surface area contributed by atoms with E-state index in [0.29, 0.717) is 31.0 Å². The van der Waals surface area contributed by atoms with Crippen LogP contribution in [0.15, 0.2) is 36.4 Å². The van der Waals surface area contributed by atoms with Crippen LogP contribution in [-0.2, 0) is 9.47 Å². The van der Waals surface area contributed by atoms with E-state index in [1.807, 2.05) is 51.1 Å². The number of nitrogens with zero attached hydrogens (tertiary/aromatic N) is 2. The summed E-state index contributed by atoms with van der Waals surface area (Å²) in [4.78, 5) is 26.4. The predicted octanol–water partition coefficient (Wildman–Crippen LogP) is 3.95. The van der Waals surface area contributed by atoms with E-state index >= 15 is 0 Å². The molecule has 3 rings (SSSR count). The number of rotatable bonds is 5. The Morgan fingerprint density at radius 1 is 1.23 bits per heavy atom. The number of ketones is 1. The minimum atomic E-state index is -0.567. The molecule has 1 fully saturated rings. The lowest BCUT2D eigenvalue weighted by Gasteiger charge is -2.34. The van der Waals surface area contributed by atoms with Crippen molar-refractivity contribution in [3.63, 3.8) is 0 Å². The molecule has 7 heteroatoms. The number of carbonyl (C=O) groups is 2.